The maximum Gasteiger partial charge on any atom is 0.255 e. The molecular weight excluding hydrogens is 262 g/mol. The lowest BCUT2D eigenvalue weighted by Crippen LogP contribution is -2.12. The van der Waals surface area contributed by atoms with Crippen molar-refractivity contribution in [2.75, 3.05) is 12.4 Å². The Balaban J connectivity index is 2.26. The Morgan fingerprint density at radius 2 is 1.89 bits per heavy atom. The Kier molecular flexibility index (Phi) is 4.07. The van der Waals surface area contributed by atoms with Crippen LogP contribution in [0.25, 0.3) is 0 Å². The first-order chi connectivity index (χ1) is 9.11. The molecule has 0 aliphatic heterocycles. The van der Waals surface area contributed by atoms with Crippen LogP contribution in [0.2, 0.25) is 5.02 Å². The topological polar surface area (TPSA) is 38.3 Å². The summed E-state index contributed by atoms with van der Waals surface area (Å²) < 4.78 is 5.22. The molecule has 1 N–H and O–H groups in total. The summed E-state index contributed by atoms with van der Waals surface area (Å²) in [5, 5.41) is 3.27. The van der Waals surface area contributed by atoms with Gasteiger partial charge in [-0.3, -0.25) is 4.79 Å². The highest BCUT2D eigenvalue weighted by molar-refractivity contribution is 6.34. The summed E-state index contributed by atoms with van der Waals surface area (Å²) in [5.41, 5.74) is 2.04. The molecule has 2 aromatic carbocycles. The molecular formula is C15H14ClNO2. The van der Waals surface area contributed by atoms with Gasteiger partial charge in [-0.2, -0.15) is 0 Å². The van der Waals surface area contributed by atoms with Crippen molar-refractivity contribution < 1.29 is 9.53 Å². The molecule has 19 heavy (non-hydrogen) atoms. The van der Waals surface area contributed by atoms with E-state index in [-0.39, 0.29) is 5.91 Å². The lowest BCUT2D eigenvalue weighted by atomic mass is 10.1. The van der Waals surface area contributed by atoms with Crippen molar-refractivity contribution in [2.24, 2.45) is 0 Å². The molecule has 0 aliphatic rings. The van der Waals surface area contributed by atoms with Crippen molar-refractivity contribution in [3.05, 3.63) is 58.6 Å². The fourth-order valence-corrected chi connectivity index (χ4v) is 2.02. The Labute approximate surface area is 117 Å². The highest BCUT2D eigenvalue weighted by atomic mass is 35.5. The predicted octanol–water partition coefficient (Wildman–Crippen LogP) is 3.91. The largest absolute Gasteiger partial charge is 0.496 e. The van der Waals surface area contributed by atoms with E-state index in [4.69, 9.17) is 16.3 Å². The number of methoxy groups -OCH3 is 1. The molecule has 4 heteroatoms. The summed E-state index contributed by atoms with van der Waals surface area (Å²) in [6, 6.07) is 12.5. The van der Waals surface area contributed by atoms with Crippen molar-refractivity contribution >= 4 is 23.2 Å². The van der Waals surface area contributed by atoms with Gasteiger partial charge >= 0.3 is 0 Å². The minimum absolute atomic E-state index is 0.201. The summed E-state index contributed by atoms with van der Waals surface area (Å²) in [6.07, 6.45) is 0. The number of hydrogen-bond acceptors (Lipinski definition) is 2. The van der Waals surface area contributed by atoms with Gasteiger partial charge < -0.3 is 10.1 Å². The molecule has 0 radical (unpaired) electrons. The van der Waals surface area contributed by atoms with Gasteiger partial charge in [-0.25, -0.2) is 0 Å². The summed E-state index contributed by atoms with van der Waals surface area (Å²) in [4.78, 5) is 12.0. The van der Waals surface area contributed by atoms with Gasteiger partial charge in [0.15, 0.2) is 0 Å². The van der Waals surface area contributed by atoms with E-state index in [1.807, 2.05) is 25.1 Å². The van der Waals surface area contributed by atoms with E-state index in [0.29, 0.717) is 22.0 Å². The number of halogens is 1. The van der Waals surface area contributed by atoms with Crippen LogP contribution in [-0.4, -0.2) is 13.0 Å². The van der Waals surface area contributed by atoms with Crippen LogP contribution in [0.4, 0.5) is 5.69 Å². The number of carbonyl (C=O) groups is 1. The Morgan fingerprint density at radius 1 is 1.21 bits per heavy atom. The molecule has 2 rings (SSSR count). The maximum atomic E-state index is 12.0. The first-order valence-electron chi connectivity index (χ1n) is 5.82. The van der Waals surface area contributed by atoms with Crippen molar-refractivity contribution in [3.8, 4) is 5.75 Å². The monoisotopic (exact) mass is 275 g/mol. The van der Waals surface area contributed by atoms with E-state index >= 15 is 0 Å². The third kappa shape index (κ3) is 3.06. The van der Waals surface area contributed by atoms with Gasteiger partial charge in [-0.1, -0.05) is 29.8 Å². The fraction of sp³-hybridized carbons (Fsp3) is 0.133. The average Bonchev–Trinajstić information content (AvgIpc) is 2.42. The quantitative estimate of drug-likeness (QED) is 0.922. The number of hydrogen-bond donors (Lipinski definition) is 1. The number of ether oxygens (including phenoxy) is 1. The van der Waals surface area contributed by atoms with E-state index < -0.39 is 0 Å². The molecule has 1 amide bonds. The van der Waals surface area contributed by atoms with Gasteiger partial charge in [0.05, 0.1) is 17.8 Å². The van der Waals surface area contributed by atoms with Gasteiger partial charge in [0.25, 0.3) is 5.91 Å². The molecule has 0 spiro atoms. The third-order valence-electron chi connectivity index (χ3n) is 2.77. The molecule has 0 bridgehead atoms. The Bertz CT molecular complexity index is 597. The average molecular weight is 276 g/mol. The molecule has 0 saturated heterocycles. The lowest BCUT2D eigenvalue weighted by molar-refractivity contribution is 0.102. The highest BCUT2D eigenvalue weighted by Crippen LogP contribution is 2.30. The van der Waals surface area contributed by atoms with Crippen molar-refractivity contribution in [1.82, 2.24) is 0 Å². The van der Waals surface area contributed by atoms with Crippen LogP contribution in [0, 0.1) is 6.92 Å². The van der Waals surface area contributed by atoms with Crippen LogP contribution in [0.1, 0.15) is 15.9 Å². The number of aryl methyl sites for hydroxylation is 1. The first kappa shape index (κ1) is 13.4. The lowest BCUT2D eigenvalue weighted by Gasteiger charge is -2.11. The number of amides is 1. The van der Waals surface area contributed by atoms with E-state index in [1.54, 1.807) is 31.4 Å². The summed E-state index contributed by atoms with van der Waals surface area (Å²) in [5.74, 6) is 0.487. The van der Waals surface area contributed by atoms with E-state index in [9.17, 15) is 4.79 Å². The second-order valence-corrected chi connectivity index (χ2v) is 4.53. The second kappa shape index (κ2) is 5.76. The predicted molar refractivity (Wildman–Crippen MR) is 77.1 cm³/mol. The Hall–Kier alpha value is -2.00. The first-order valence-corrected chi connectivity index (χ1v) is 6.20. The van der Waals surface area contributed by atoms with Gasteiger partial charge in [0.1, 0.15) is 5.75 Å². The molecule has 98 valence electrons. The zero-order chi connectivity index (χ0) is 13.8. The minimum Gasteiger partial charge on any atom is -0.496 e. The molecule has 0 unspecified atom stereocenters. The fourth-order valence-electron chi connectivity index (χ4n) is 1.75. The molecule has 0 saturated carbocycles. The number of rotatable bonds is 3. The number of nitrogens with one attached hydrogen (secondary N) is 1. The molecule has 0 aliphatic carbocycles. The van der Waals surface area contributed by atoms with Crippen LogP contribution in [0.15, 0.2) is 42.5 Å². The third-order valence-corrected chi connectivity index (χ3v) is 3.08. The number of carbonyl (C=O) groups excluding carboxylic acids is 1. The zero-order valence-electron chi connectivity index (χ0n) is 10.7. The zero-order valence-corrected chi connectivity index (χ0v) is 11.5. The normalized spacial score (nSPS) is 10.1. The van der Waals surface area contributed by atoms with Gasteiger partial charge in [-0.05, 0) is 30.7 Å². The van der Waals surface area contributed by atoms with Gasteiger partial charge in [0.2, 0.25) is 0 Å². The van der Waals surface area contributed by atoms with Crippen LogP contribution >= 0.6 is 11.6 Å². The van der Waals surface area contributed by atoms with Gasteiger partial charge in [0, 0.05) is 11.6 Å². The van der Waals surface area contributed by atoms with E-state index in [1.165, 1.54) is 0 Å². The molecule has 0 heterocycles. The van der Waals surface area contributed by atoms with Crippen LogP contribution in [-0.2, 0) is 0 Å². The minimum atomic E-state index is -0.201. The summed E-state index contributed by atoms with van der Waals surface area (Å²) >= 11 is 6.12. The van der Waals surface area contributed by atoms with E-state index in [0.717, 1.165) is 5.56 Å². The highest BCUT2D eigenvalue weighted by Gasteiger charge is 2.10. The summed E-state index contributed by atoms with van der Waals surface area (Å²) in [6.45, 7) is 1.90. The molecule has 2 aromatic rings. The maximum absolute atomic E-state index is 12.0. The van der Waals surface area contributed by atoms with Gasteiger partial charge in [-0.15, -0.1) is 0 Å². The number of benzene rings is 2. The Morgan fingerprint density at radius 3 is 2.53 bits per heavy atom. The molecule has 0 fully saturated rings. The van der Waals surface area contributed by atoms with Crippen LogP contribution < -0.4 is 10.1 Å². The molecule has 0 atom stereocenters. The van der Waals surface area contributed by atoms with Crippen LogP contribution in [0.3, 0.4) is 0 Å². The summed E-state index contributed by atoms with van der Waals surface area (Å²) in [7, 11) is 1.58. The van der Waals surface area contributed by atoms with Crippen LogP contribution in [0.5, 0.6) is 5.75 Å². The van der Waals surface area contributed by atoms with Crippen molar-refractivity contribution in [2.45, 2.75) is 6.92 Å². The standard InChI is InChI=1S/C15H14ClNO2/c1-10-8-12(16)13(9-14(10)19-2)17-15(18)11-6-4-3-5-7-11/h3-9H,1-2H3,(H,17,18). The second-order valence-electron chi connectivity index (χ2n) is 4.12. The molecule has 0 aromatic heterocycles. The number of anilines is 1. The van der Waals surface area contributed by atoms with Crippen molar-refractivity contribution in [1.29, 1.82) is 0 Å². The van der Waals surface area contributed by atoms with E-state index in [2.05, 4.69) is 5.32 Å². The molecule has 3 nitrogen and oxygen atoms in total. The SMILES string of the molecule is COc1cc(NC(=O)c2ccccc2)c(Cl)cc1C. The van der Waals surface area contributed by atoms with Crippen molar-refractivity contribution in [3.63, 3.8) is 0 Å². The smallest absolute Gasteiger partial charge is 0.255 e.